The molecule has 1 fully saturated rings. The maximum Gasteiger partial charge on any atom is 0.418 e. The highest BCUT2D eigenvalue weighted by atomic mass is 32.2. The number of alkyl halides is 3. The Morgan fingerprint density at radius 2 is 2.00 bits per heavy atom. The van der Waals surface area contributed by atoms with Crippen LogP contribution in [0.2, 0.25) is 0 Å². The second-order valence-corrected chi connectivity index (χ2v) is 6.44. The SMILES string of the molecule is O=C(O)CSc1nnc(C2CCC2)n1-c1ccccc1C(F)(F)F. The van der Waals surface area contributed by atoms with Crippen molar-refractivity contribution in [3.05, 3.63) is 35.7 Å². The van der Waals surface area contributed by atoms with Crippen molar-refractivity contribution in [1.82, 2.24) is 14.8 Å². The van der Waals surface area contributed by atoms with Crippen molar-refractivity contribution in [2.24, 2.45) is 0 Å². The van der Waals surface area contributed by atoms with E-state index in [0.717, 1.165) is 37.1 Å². The van der Waals surface area contributed by atoms with E-state index in [9.17, 15) is 18.0 Å². The number of halogens is 3. The molecule has 1 N–H and O–H groups in total. The number of hydrogen-bond donors (Lipinski definition) is 1. The van der Waals surface area contributed by atoms with Gasteiger partial charge in [-0.25, -0.2) is 0 Å². The van der Waals surface area contributed by atoms with Gasteiger partial charge in [-0.05, 0) is 25.0 Å². The number of carboxylic acid groups (broad SMARTS) is 1. The molecule has 1 aliphatic rings. The smallest absolute Gasteiger partial charge is 0.418 e. The summed E-state index contributed by atoms with van der Waals surface area (Å²) in [5, 5.41) is 17.0. The second kappa shape index (κ2) is 6.46. The lowest BCUT2D eigenvalue weighted by Crippen LogP contribution is -2.18. The number of para-hydroxylation sites is 1. The number of carbonyl (C=O) groups is 1. The molecule has 128 valence electrons. The minimum absolute atomic E-state index is 0.0537. The fourth-order valence-electron chi connectivity index (χ4n) is 2.57. The van der Waals surface area contributed by atoms with Crippen molar-refractivity contribution in [2.75, 3.05) is 5.75 Å². The Labute approximate surface area is 139 Å². The van der Waals surface area contributed by atoms with Gasteiger partial charge in [-0.3, -0.25) is 9.36 Å². The zero-order chi connectivity index (χ0) is 17.3. The average Bonchev–Trinajstić information content (AvgIpc) is 2.86. The van der Waals surface area contributed by atoms with Crippen molar-refractivity contribution < 1.29 is 23.1 Å². The zero-order valence-electron chi connectivity index (χ0n) is 12.5. The van der Waals surface area contributed by atoms with Crippen LogP contribution in [-0.2, 0) is 11.0 Å². The van der Waals surface area contributed by atoms with Crippen LogP contribution in [0, 0.1) is 0 Å². The van der Waals surface area contributed by atoms with E-state index in [0.29, 0.717) is 5.82 Å². The summed E-state index contributed by atoms with van der Waals surface area (Å²) >= 11 is 0.865. The highest BCUT2D eigenvalue weighted by Crippen LogP contribution is 2.40. The Balaban J connectivity index is 2.11. The van der Waals surface area contributed by atoms with Crippen LogP contribution in [0.4, 0.5) is 13.2 Å². The van der Waals surface area contributed by atoms with Crippen molar-refractivity contribution in [3.8, 4) is 5.69 Å². The molecule has 24 heavy (non-hydrogen) atoms. The molecule has 1 saturated carbocycles. The van der Waals surface area contributed by atoms with E-state index in [1.54, 1.807) is 0 Å². The van der Waals surface area contributed by atoms with E-state index < -0.39 is 17.7 Å². The van der Waals surface area contributed by atoms with Crippen LogP contribution < -0.4 is 0 Å². The summed E-state index contributed by atoms with van der Waals surface area (Å²) < 4.78 is 41.4. The van der Waals surface area contributed by atoms with Gasteiger partial charge in [0.15, 0.2) is 5.16 Å². The maximum atomic E-state index is 13.4. The Morgan fingerprint density at radius 3 is 2.58 bits per heavy atom. The summed E-state index contributed by atoms with van der Waals surface area (Å²) in [5.74, 6) is -0.843. The highest BCUT2D eigenvalue weighted by Gasteiger charge is 2.36. The molecule has 0 atom stereocenters. The lowest BCUT2D eigenvalue weighted by molar-refractivity contribution is -0.137. The standard InChI is InChI=1S/C15H14F3N3O2S/c16-15(17,18)10-6-1-2-7-11(10)21-13(9-4-3-5-9)19-20-14(21)24-8-12(22)23/h1-2,6-7,9H,3-5,8H2,(H,22,23). The summed E-state index contributed by atoms with van der Waals surface area (Å²) in [4.78, 5) is 10.8. The minimum Gasteiger partial charge on any atom is -0.481 e. The number of hydrogen-bond acceptors (Lipinski definition) is 4. The van der Waals surface area contributed by atoms with Crippen LogP contribution in [0.3, 0.4) is 0 Å². The molecule has 1 aromatic heterocycles. The Morgan fingerprint density at radius 1 is 1.29 bits per heavy atom. The van der Waals surface area contributed by atoms with Gasteiger partial charge in [-0.15, -0.1) is 10.2 Å². The molecular weight excluding hydrogens is 343 g/mol. The second-order valence-electron chi connectivity index (χ2n) is 5.50. The van der Waals surface area contributed by atoms with E-state index in [1.165, 1.54) is 22.8 Å². The van der Waals surface area contributed by atoms with E-state index in [-0.39, 0.29) is 22.5 Å². The first-order chi connectivity index (χ1) is 11.4. The molecule has 0 radical (unpaired) electrons. The zero-order valence-corrected chi connectivity index (χ0v) is 13.3. The molecule has 1 heterocycles. The van der Waals surface area contributed by atoms with Gasteiger partial charge in [0.1, 0.15) is 5.82 Å². The minimum atomic E-state index is -4.52. The number of benzene rings is 1. The monoisotopic (exact) mass is 357 g/mol. The third kappa shape index (κ3) is 3.26. The third-order valence-corrected chi connectivity index (χ3v) is 4.82. The fourth-order valence-corrected chi connectivity index (χ4v) is 3.24. The predicted octanol–water partition coefficient (Wildman–Crippen LogP) is 3.73. The number of aromatic nitrogens is 3. The summed E-state index contributed by atoms with van der Waals surface area (Å²) in [6, 6.07) is 5.20. The van der Waals surface area contributed by atoms with Crippen LogP contribution in [0.1, 0.15) is 36.6 Å². The van der Waals surface area contributed by atoms with Crippen LogP contribution in [0.5, 0.6) is 0 Å². The molecule has 0 spiro atoms. The normalized spacial score (nSPS) is 15.3. The first-order valence-corrected chi connectivity index (χ1v) is 8.33. The molecule has 3 rings (SSSR count). The molecule has 0 bridgehead atoms. The van der Waals surface area contributed by atoms with Crippen molar-refractivity contribution in [2.45, 2.75) is 36.5 Å². The molecule has 9 heteroatoms. The van der Waals surface area contributed by atoms with E-state index in [4.69, 9.17) is 5.11 Å². The van der Waals surface area contributed by atoms with E-state index in [1.807, 2.05) is 0 Å². The fraction of sp³-hybridized carbons (Fsp3) is 0.400. The first kappa shape index (κ1) is 16.8. The van der Waals surface area contributed by atoms with E-state index in [2.05, 4.69) is 10.2 Å². The number of nitrogens with zero attached hydrogens (tertiary/aromatic N) is 3. The molecule has 0 saturated heterocycles. The maximum absolute atomic E-state index is 13.4. The van der Waals surface area contributed by atoms with Crippen molar-refractivity contribution in [1.29, 1.82) is 0 Å². The summed E-state index contributed by atoms with van der Waals surface area (Å²) in [5.41, 5.74) is -0.854. The highest BCUT2D eigenvalue weighted by molar-refractivity contribution is 7.99. The van der Waals surface area contributed by atoms with Gasteiger partial charge >= 0.3 is 12.1 Å². The predicted molar refractivity (Wildman–Crippen MR) is 81.3 cm³/mol. The Bertz CT molecular complexity index is 757. The average molecular weight is 357 g/mol. The molecule has 1 aliphatic carbocycles. The number of thioether (sulfide) groups is 1. The molecule has 0 unspecified atom stereocenters. The van der Waals surface area contributed by atoms with Gasteiger partial charge in [0, 0.05) is 5.92 Å². The van der Waals surface area contributed by atoms with Gasteiger partial charge in [0.05, 0.1) is 17.0 Å². The van der Waals surface area contributed by atoms with Gasteiger partial charge < -0.3 is 5.11 Å². The van der Waals surface area contributed by atoms with Crippen LogP contribution >= 0.6 is 11.8 Å². The first-order valence-electron chi connectivity index (χ1n) is 7.34. The Hall–Kier alpha value is -2.03. The summed E-state index contributed by atoms with van der Waals surface area (Å²) in [6.45, 7) is 0. The lowest BCUT2D eigenvalue weighted by Gasteiger charge is -2.26. The van der Waals surface area contributed by atoms with Gasteiger partial charge in [-0.2, -0.15) is 13.2 Å². The molecule has 5 nitrogen and oxygen atoms in total. The lowest BCUT2D eigenvalue weighted by atomic mass is 9.85. The third-order valence-electron chi connectivity index (χ3n) is 3.90. The quantitative estimate of drug-likeness (QED) is 0.826. The van der Waals surface area contributed by atoms with Gasteiger partial charge in [-0.1, -0.05) is 30.3 Å². The number of carboxylic acids is 1. The Kier molecular flexibility index (Phi) is 4.53. The molecule has 0 aliphatic heterocycles. The largest absolute Gasteiger partial charge is 0.481 e. The van der Waals surface area contributed by atoms with Gasteiger partial charge in [0.2, 0.25) is 0 Å². The van der Waals surface area contributed by atoms with Crippen molar-refractivity contribution >= 4 is 17.7 Å². The number of rotatable bonds is 5. The number of aliphatic carboxylic acids is 1. The van der Waals surface area contributed by atoms with Gasteiger partial charge in [0.25, 0.3) is 0 Å². The summed E-state index contributed by atoms with van der Waals surface area (Å²) in [7, 11) is 0. The van der Waals surface area contributed by atoms with Crippen LogP contribution in [0.15, 0.2) is 29.4 Å². The van der Waals surface area contributed by atoms with Crippen LogP contribution in [-0.4, -0.2) is 31.6 Å². The molecule has 1 aromatic carbocycles. The van der Waals surface area contributed by atoms with Crippen LogP contribution in [0.25, 0.3) is 5.69 Å². The topological polar surface area (TPSA) is 68.0 Å². The molecule has 0 amide bonds. The van der Waals surface area contributed by atoms with E-state index >= 15 is 0 Å². The van der Waals surface area contributed by atoms with Crippen molar-refractivity contribution in [3.63, 3.8) is 0 Å². The molecular formula is C15H14F3N3O2S. The summed E-state index contributed by atoms with van der Waals surface area (Å²) in [6.07, 6.45) is -1.84. The molecule has 2 aromatic rings.